The van der Waals surface area contributed by atoms with Gasteiger partial charge < -0.3 is 4.74 Å². The summed E-state index contributed by atoms with van der Waals surface area (Å²) in [5.41, 5.74) is 2.37. The van der Waals surface area contributed by atoms with Crippen LogP contribution in [0.3, 0.4) is 0 Å². The standard InChI is InChI=1S/C21H25N5O/c1-16-22-11-13-26(16)21-20(23-9-10-24-21)18-4-3-12-25(15-18)14-17-5-7-19(27-2)8-6-17/h5-11,13,18H,3-4,12,14-15H2,1-2H3. The Balaban J connectivity index is 1.52. The molecule has 1 saturated heterocycles. The second-order valence-corrected chi connectivity index (χ2v) is 7.03. The summed E-state index contributed by atoms with van der Waals surface area (Å²) >= 11 is 0. The minimum Gasteiger partial charge on any atom is -0.497 e. The zero-order valence-electron chi connectivity index (χ0n) is 15.9. The summed E-state index contributed by atoms with van der Waals surface area (Å²) in [7, 11) is 1.70. The minimum absolute atomic E-state index is 0.377. The number of aryl methyl sites for hydroxylation is 1. The Hall–Kier alpha value is -2.73. The van der Waals surface area contributed by atoms with Gasteiger partial charge >= 0.3 is 0 Å². The molecular weight excluding hydrogens is 338 g/mol. The largest absolute Gasteiger partial charge is 0.497 e. The van der Waals surface area contributed by atoms with E-state index in [9.17, 15) is 0 Å². The molecule has 0 amide bonds. The quantitative estimate of drug-likeness (QED) is 0.696. The Bertz CT molecular complexity index is 890. The Morgan fingerprint density at radius 2 is 1.89 bits per heavy atom. The molecule has 0 saturated carbocycles. The predicted molar refractivity (Wildman–Crippen MR) is 104 cm³/mol. The molecule has 1 aliphatic rings. The molecule has 27 heavy (non-hydrogen) atoms. The van der Waals surface area contributed by atoms with Crippen LogP contribution in [0.25, 0.3) is 5.82 Å². The van der Waals surface area contributed by atoms with Crippen molar-refractivity contribution >= 4 is 0 Å². The van der Waals surface area contributed by atoms with Crippen LogP contribution in [0, 0.1) is 6.92 Å². The Morgan fingerprint density at radius 1 is 1.07 bits per heavy atom. The summed E-state index contributed by atoms with van der Waals surface area (Å²) in [6, 6.07) is 8.34. The highest BCUT2D eigenvalue weighted by Crippen LogP contribution is 2.29. The Kier molecular flexibility index (Phi) is 5.16. The third-order valence-corrected chi connectivity index (χ3v) is 5.22. The number of imidazole rings is 1. The van der Waals surface area contributed by atoms with Crippen LogP contribution in [0.2, 0.25) is 0 Å². The first-order valence-electron chi connectivity index (χ1n) is 9.41. The van der Waals surface area contributed by atoms with Gasteiger partial charge in [-0.05, 0) is 44.0 Å². The van der Waals surface area contributed by atoms with Crippen molar-refractivity contribution in [3.63, 3.8) is 0 Å². The molecule has 2 aromatic heterocycles. The summed E-state index contributed by atoms with van der Waals surface area (Å²) < 4.78 is 7.29. The van der Waals surface area contributed by atoms with Crippen LogP contribution in [0.4, 0.5) is 0 Å². The predicted octanol–water partition coefficient (Wildman–Crippen LogP) is 3.36. The number of rotatable bonds is 5. The van der Waals surface area contributed by atoms with E-state index >= 15 is 0 Å². The molecule has 3 heterocycles. The van der Waals surface area contributed by atoms with Crippen molar-refractivity contribution in [1.29, 1.82) is 0 Å². The Morgan fingerprint density at radius 3 is 2.63 bits per heavy atom. The van der Waals surface area contributed by atoms with Gasteiger partial charge in [-0.2, -0.15) is 0 Å². The monoisotopic (exact) mass is 363 g/mol. The third-order valence-electron chi connectivity index (χ3n) is 5.22. The third kappa shape index (κ3) is 3.85. The summed E-state index contributed by atoms with van der Waals surface area (Å²) in [4.78, 5) is 16.2. The topological polar surface area (TPSA) is 56.1 Å². The molecule has 0 spiro atoms. The molecule has 1 fully saturated rings. The summed E-state index contributed by atoms with van der Waals surface area (Å²) in [5.74, 6) is 3.11. The smallest absolute Gasteiger partial charge is 0.160 e. The summed E-state index contributed by atoms with van der Waals surface area (Å²) in [5, 5.41) is 0. The van der Waals surface area contributed by atoms with Crippen LogP contribution in [0.5, 0.6) is 5.75 Å². The number of aromatic nitrogens is 4. The number of methoxy groups -OCH3 is 1. The fraction of sp³-hybridized carbons (Fsp3) is 0.381. The highest BCUT2D eigenvalue weighted by molar-refractivity contribution is 5.33. The normalized spacial score (nSPS) is 17.8. The fourth-order valence-corrected chi connectivity index (χ4v) is 3.83. The van der Waals surface area contributed by atoms with Crippen LogP contribution in [-0.4, -0.2) is 44.6 Å². The second kappa shape index (κ2) is 7.88. The number of benzene rings is 1. The van der Waals surface area contributed by atoms with E-state index in [2.05, 4.69) is 27.0 Å². The average Bonchev–Trinajstić information content (AvgIpc) is 3.14. The van der Waals surface area contributed by atoms with Crippen molar-refractivity contribution in [3.8, 4) is 11.6 Å². The van der Waals surface area contributed by atoms with Gasteiger partial charge in [0.2, 0.25) is 0 Å². The van der Waals surface area contributed by atoms with E-state index in [1.54, 1.807) is 19.5 Å². The maximum atomic E-state index is 5.26. The maximum absolute atomic E-state index is 5.26. The van der Waals surface area contributed by atoms with Crippen molar-refractivity contribution in [2.24, 2.45) is 0 Å². The van der Waals surface area contributed by atoms with Gasteiger partial charge in [0.1, 0.15) is 11.6 Å². The maximum Gasteiger partial charge on any atom is 0.160 e. The van der Waals surface area contributed by atoms with E-state index in [1.807, 2.05) is 36.0 Å². The van der Waals surface area contributed by atoms with Crippen molar-refractivity contribution in [3.05, 3.63) is 66.1 Å². The van der Waals surface area contributed by atoms with Crippen LogP contribution in [-0.2, 0) is 6.54 Å². The molecule has 6 nitrogen and oxygen atoms in total. The number of nitrogens with zero attached hydrogens (tertiary/aromatic N) is 5. The number of ether oxygens (including phenoxy) is 1. The molecule has 0 bridgehead atoms. The molecule has 1 unspecified atom stereocenters. The molecule has 6 heteroatoms. The number of hydrogen-bond donors (Lipinski definition) is 0. The lowest BCUT2D eigenvalue weighted by Gasteiger charge is -2.33. The van der Waals surface area contributed by atoms with E-state index < -0.39 is 0 Å². The van der Waals surface area contributed by atoms with Crippen LogP contribution < -0.4 is 4.74 Å². The zero-order valence-corrected chi connectivity index (χ0v) is 15.9. The van der Waals surface area contributed by atoms with Crippen LogP contribution in [0.15, 0.2) is 49.1 Å². The first-order chi connectivity index (χ1) is 13.2. The average molecular weight is 363 g/mol. The van der Waals surface area contributed by atoms with E-state index in [-0.39, 0.29) is 0 Å². The number of hydrogen-bond acceptors (Lipinski definition) is 5. The van der Waals surface area contributed by atoms with E-state index in [4.69, 9.17) is 9.72 Å². The van der Waals surface area contributed by atoms with Crippen molar-refractivity contribution in [1.82, 2.24) is 24.4 Å². The van der Waals surface area contributed by atoms with E-state index in [0.717, 1.165) is 49.1 Å². The van der Waals surface area contributed by atoms with Gasteiger partial charge in [-0.3, -0.25) is 14.5 Å². The first-order valence-corrected chi connectivity index (χ1v) is 9.41. The molecule has 0 aliphatic carbocycles. The van der Waals surface area contributed by atoms with Gasteiger partial charge in [0, 0.05) is 43.8 Å². The van der Waals surface area contributed by atoms with Crippen molar-refractivity contribution in [2.45, 2.75) is 32.2 Å². The zero-order chi connectivity index (χ0) is 18.6. The second-order valence-electron chi connectivity index (χ2n) is 7.03. The van der Waals surface area contributed by atoms with Gasteiger partial charge in [0.15, 0.2) is 5.82 Å². The van der Waals surface area contributed by atoms with Gasteiger partial charge in [-0.15, -0.1) is 0 Å². The highest BCUT2D eigenvalue weighted by Gasteiger charge is 2.26. The number of likely N-dealkylation sites (tertiary alicyclic amines) is 1. The highest BCUT2D eigenvalue weighted by atomic mass is 16.5. The Labute approximate surface area is 159 Å². The van der Waals surface area contributed by atoms with E-state index in [1.165, 1.54) is 12.0 Å². The molecule has 1 aliphatic heterocycles. The molecule has 1 atom stereocenters. The molecule has 0 N–H and O–H groups in total. The van der Waals surface area contributed by atoms with Gasteiger partial charge in [-0.1, -0.05) is 12.1 Å². The molecule has 0 radical (unpaired) electrons. The van der Waals surface area contributed by atoms with Gasteiger partial charge in [0.25, 0.3) is 0 Å². The summed E-state index contributed by atoms with van der Waals surface area (Å²) in [6.45, 7) is 5.04. The summed E-state index contributed by atoms with van der Waals surface area (Å²) in [6.07, 6.45) is 9.63. The number of piperidine rings is 1. The van der Waals surface area contributed by atoms with E-state index in [0.29, 0.717) is 5.92 Å². The minimum atomic E-state index is 0.377. The van der Waals surface area contributed by atoms with Gasteiger partial charge in [0.05, 0.1) is 12.8 Å². The van der Waals surface area contributed by atoms with Crippen LogP contribution >= 0.6 is 0 Å². The van der Waals surface area contributed by atoms with Crippen molar-refractivity contribution < 1.29 is 4.74 Å². The molecule has 1 aromatic carbocycles. The molecule has 3 aromatic rings. The lowest BCUT2D eigenvalue weighted by atomic mass is 9.94. The molecule has 140 valence electrons. The lowest BCUT2D eigenvalue weighted by Crippen LogP contribution is -2.34. The SMILES string of the molecule is COc1ccc(CN2CCCC(c3nccnc3-n3ccnc3C)C2)cc1. The lowest BCUT2D eigenvalue weighted by molar-refractivity contribution is 0.198. The van der Waals surface area contributed by atoms with Crippen molar-refractivity contribution in [2.75, 3.05) is 20.2 Å². The molecule has 4 rings (SSSR count). The molecular formula is C21H25N5O. The van der Waals surface area contributed by atoms with Gasteiger partial charge in [-0.25, -0.2) is 9.97 Å². The fourth-order valence-electron chi connectivity index (χ4n) is 3.83. The first kappa shape index (κ1) is 17.7. The van der Waals surface area contributed by atoms with Crippen LogP contribution in [0.1, 0.15) is 35.8 Å².